The number of aryl methyl sites for hydroxylation is 2. The van der Waals surface area contributed by atoms with Gasteiger partial charge in [-0.25, -0.2) is 0 Å². The number of aldehydes is 1. The highest BCUT2D eigenvalue weighted by Gasteiger charge is 2.43. The van der Waals surface area contributed by atoms with Gasteiger partial charge in [0.05, 0.1) is 20.3 Å². The van der Waals surface area contributed by atoms with E-state index in [4.69, 9.17) is 9.47 Å². The van der Waals surface area contributed by atoms with E-state index in [-0.39, 0.29) is 0 Å². The molecule has 0 aromatic heterocycles. The van der Waals surface area contributed by atoms with Gasteiger partial charge in [0.2, 0.25) is 0 Å². The van der Waals surface area contributed by atoms with E-state index >= 15 is 0 Å². The number of benzene rings is 1. The van der Waals surface area contributed by atoms with Gasteiger partial charge < -0.3 is 14.3 Å². The predicted octanol–water partition coefficient (Wildman–Crippen LogP) is 1.78. The van der Waals surface area contributed by atoms with Crippen molar-refractivity contribution in [3.8, 4) is 5.75 Å². The second-order valence-corrected chi connectivity index (χ2v) is 4.43. The average Bonchev–Trinajstić information content (AvgIpc) is 2.19. The normalized spacial score (nSPS) is 17.7. The third-order valence-electron chi connectivity index (χ3n) is 3.11. The summed E-state index contributed by atoms with van der Waals surface area (Å²) < 4.78 is 10.6. The van der Waals surface area contributed by atoms with Crippen LogP contribution in [0.2, 0.25) is 0 Å². The van der Waals surface area contributed by atoms with Crippen LogP contribution in [0.3, 0.4) is 0 Å². The minimum absolute atomic E-state index is 0.455. The first kappa shape index (κ1) is 11.1. The van der Waals surface area contributed by atoms with Crippen LogP contribution >= 0.6 is 0 Å². The highest BCUT2D eigenvalue weighted by Crippen LogP contribution is 2.39. The van der Waals surface area contributed by atoms with Crippen molar-refractivity contribution >= 4 is 6.29 Å². The smallest absolute Gasteiger partial charge is 0.135 e. The van der Waals surface area contributed by atoms with E-state index in [0.29, 0.717) is 13.2 Å². The summed E-state index contributed by atoms with van der Waals surface area (Å²) in [4.78, 5) is 11.3. The van der Waals surface area contributed by atoms with E-state index in [1.165, 1.54) is 0 Å². The lowest BCUT2D eigenvalue weighted by atomic mass is 9.77. The van der Waals surface area contributed by atoms with Crippen LogP contribution in [-0.4, -0.2) is 26.6 Å². The van der Waals surface area contributed by atoms with Gasteiger partial charge in [0.25, 0.3) is 0 Å². The second-order valence-electron chi connectivity index (χ2n) is 4.43. The summed E-state index contributed by atoms with van der Waals surface area (Å²) >= 11 is 0. The lowest BCUT2D eigenvalue weighted by molar-refractivity contribution is -0.130. The minimum Gasteiger partial charge on any atom is -0.496 e. The molecule has 1 aliphatic rings. The fourth-order valence-corrected chi connectivity index (χ4v) is 2.32. The number of hydrogen-bond acceptors (Lipinski definition) is 3. The lowest BCUT2D eigenvalue weighted by Crippen LogP contribution is -2.48. The molecule has 0 N–H and O–H groups in total. The van der Waals surface area contributed by atoms with Gasteiger partial charge in [-0.3, -0.25) is 0 Å². The highest BCUT2D eigenvalue weighted by atomic mass is 16.5. The van der Waals surface area contributed by atoms with Crippen LogP contribution in [0, 0.1) is 13.8 Å². The Labute approximate surface area is 95.4 Å². The Morgan fingerprint density at radius 2 is 2.06 bits per heavy atom. The van der Waals surface area contributed by atoms with Gasteiger partial charge in [-0.2, -0.15) is 0 Å². The van der Waals surface area contributed by atoms with E-state index in [0.717, 1.165) is 28.7 Å². The van der Waals surface area contributed by atoms with Crippen molar-refractivity contribution in [1.82, 2.24) is 0 Å². The van der Waals surface area contributed by atoms with Gasteiger partial charge in [0, 0.05) is 5.56 Å². The van der Waals surface area contributed by atoms with Crippen molar-refractivity contribution in [2.45, 2.75) is 19.3 Å². The van der Waals surface area contributed by atoms with Crippen molar-refractivity contribution in [2.24, 2.45) is 0 Å². The van der Waals surface area contributed by atoms with Gasteiger partial charge in [0.15, 0.2) is 0 Å². The highest BCUT2D eigenvalue weighted by molar-refractivity contribution is 5.74. The Morgan fingerprint density at radius 3 is 2.50 bits per heavy atom. The molecule has 1 aromatic rings. The van der Waals surface area contributed by atoms with E-state index in [2.05, 4.69) is 6.07 Å². The molecule has 0 atom stereocenters. The number of hydrogen-bond donors (Lipinski definition) is 0. The molecule has 1 heterocycles. The van der Waals surface area contributed by atoms with E-state index in [1.807, 2.05) is 19.9 Å². The zero-order valence-electron chi connectivity index (χ0n) is 9.87. The van der Waals surface area contributed by atoms with Gasteiger partial charge in [-0.05, 0) is 31.0 Å². The monoisotopic (exact) mass is 220 g/mol. The molecule has 0 unspecified atom stereocenters. The summed E-state index contributed by atoms with van der Waals surface area (Å²) in [5.74, 6) is 0.785. The van der Waals surface area contributed by atoms with Gasteiger partial charge in [0.1, 0.15) is 17.5 Å². The molecule has 0 saturated carbocycles. The molecule has 1 aliphatic heterocycles. The Kier molecular flexibility index (Phi) is 2.72. The molecular formula is C13H16O3. The van der Waals surface area contributed by atoms with Crippen molar-refractivity contribution in [1.29, 1.82) is 0 Å². The molecule has 0 radical (unpaired) electrons. The molecule has 0 amide bonds. The predicted molar refractivity (Wildman–Crippen MR) is 61.0 cm³/mol. The Bertz CT molecular complexity index is 419. The molecule has 1 fully saturated rings. The molecule has 1 saturated heterocycles. The topological polar surface area (TPSA) is 35.5 Å². The third kappa shape index (κ3) is 1.52. The molecule has 86 valence electrons. The molecule has 2 rings (SSSR count). The molecule has 16 heavy (non-hydrogen) atoms. The van der Waals surface area contributed by atoms with Crippen molar-refractivity contribution < 1.29 is 14.3 Å². The number of carbonyl (C=O) groups excluding carboxylic acids is 1. The lowest BCUT2D eigenvalue weighted by Gasteiger charge is -2.38. The van der Waals surface area contributed by atoms with Crippen LogP contribution in [0.15, 0.2) is 12.1 Å². The summed E-state index contributed by atoms with van der Waals surface area (Å²) in [5, 5.41) is 0. The number of rotatable bonds is 3. The largest absolute Gasteiger partial charge is 0.496 e. The quantitative estimate of drug-likeness (QED) is 0.728. The summed E-state index contributed by atoms with van der Waals surface area (Å²) in [6.45, 7) is 4.94. The van der Waals surface area contributed by atoms with Gasteiger partial charge >= 0.3 is 0 Å². The molecule has 0 bridgehead atoms. The van der Waals surface area contributed by atoms with E-state index < -0.39 is 5.41 Å². The standard InChI is InChI=1S/C13H16O3/c1-9-4-10(2)12(11(5-9)15-3)13(6-14)7-16-8-13/h4-6H,7-8H2,1-3H3. The third-order valence-corrected chi connectivity index (χ3v) is 3.11. The van der Waals surface area contributed by atoms with Crippen LogP contribution in [0.5, 0.6) is 5.75 Å². The van der Waals surface area contributed by atoms with Crippen molar-refractivity contribution in [3.63, 3.8) is 0 Å². The molecule has 1 aromatic carbocycles. The molecular weight excluding hydrogens is 204 g/mol. The molecule has 3 nitrogen and oxygen atoms in total. The van der Waals surface area contributed by atoms with Crippen LogP contribution in [-0.2, 0) is 14.9 Å². The first-order valence-electron chi connectivity index (χ1n) is 5.33. The fraction of sp³-hybridized carbons (Fsp3) is 0.462. The first-order chi connectivity index (χ1) is 7.63. The number of carbonyl (C=O) groups is 1. The Balaban J connectivity index is 2.58. The maximum Gasteiger partial charge on any atom is 0.135 e. The Morgan fingerprint density at radius 1 is 1.38 bits per heavy atom. The van der Waals surface area contributed by atoms with Crippen molar-refractivity contribution in [3.05, 3.63) is 28.8 Å². The van der Waals surface area contributed by atoms with Gasteiger partial charge in [-0.15, -0.1) is 0 Å². The maximum absolute atomic E-state index is 11.3. The zero-order chi connectivity index (χ0) is 11.8. The van der Waals surface area contributed by atoms with Crippen molar-refractivity contribution in [2.75, 3.05) is 20.3 Å². The second kappa shape index (κ2) is 3.91. The first-order valence-corrected chi connectivity index (χ1v) is 5.33. The maximum atomic E-state index is 11.3. The number of methoxy groups -OCH3 is 1. The molecule has 0 aliphatic carbocycles. The van der Waals surface area contributed by atoms with Crippen LogP contribution in [0.1, 0.15) is 16.7 Å². The summed E-state index contributed by atoms with van der Waals surface area (Å²) in [6, 6.07) is 4.04. The summed E-state index contributed by atoms with van der Waals surface area (Å²) in [6.07, 6.45) is 0.983. The fourth-order valence-electron chi connectivity index (χ4n) is 2.32. The summed E-state index contributed by atoms with van der Waals surface area (Å²) in [7, 11) is 1.63. The van der Waals surface area contributed by atoms with Crippen LogP contribution in [0.4, 0.5) is 0 Å². The van der Waals surface area contributed by atoms with E-state index in [1.54, 1.807) is 7.11 Å². The summed E-state index contributed by atoms with van der Waals surface area (Å²) in [5.41, 5.74) is 2.71. The minimum atomic E-state index is -0.497. The SMILES string of the molecule is COc1cc(C)cc(C)c1C1(C=O)COC1. The zero-order valence-corrected chi connectivity index (χ0v) is 9.87. The molecule has 3 heteroatoms. The van der Waals surface area contributed by atoms with Crippen LogP contribution in [0.25, 0.3) is 0 Å². The Hall–Kier alpha value is -1.35. The molecule has 0 spiro atoms. The number of ether oxygens (including phenoxy) is 2. The van der Waals surface area contributed by atoms with E-state index in [9.17, 15) is 4.79 Å². The van der Waals surface area contributed by atoms with Gasteiger partial charge in [-0.1, -0.05) is 6.07 Å². The van der Waals surface area contributed by atoms with Crippen LogP contribution < -0.4 is 4.74 Å². The average molecular weight is 220 g/mol.